The average molecular weight is 197 g/mol. The molecule has 2 heteroatoms. The van der Waals surface area contributed by atoms with Crippen LogP contribution < -0.4 is 0 Å². The zero-order valence-electron chi connectivity index (χ0n) is 7.88. The van der Waals surface area contributed by atoms with Gasteiger partial charge in [-0.2, -0.15) is 0 Å². The fraction of sp³-hybridized carbons (Fsp3) is 0.455. The van der Waals surface area contributed by atoms with E-state index in [0.29, 0.717) is 5.92 Å². The van der Waals surface area contributed by atoms with Gasteiger partial charge in [0.05, 0.1) is 6.61 Å². The van der Waals surface area contributed by atoms with Crippen LogP contribution in [0.4, 0.5) is 0 Å². The van der Waals surface area contributed by atoms with E-state index in [9.17, 15) is 0 Å². The summed E-state index contributed by atoms with van der Waals surface area (Å²) in [4.78, 5) is 0. The maximum absolute atomic E-state index is 5.82. The van der Waals surface area contributed by atoms with Crippen LogP contribution in [-0.2, 0) is 10.3 Å². The van der Waals surface area contributed by atoms with Crippen LogP contribution >= 0.6 is 11.6 Å². The predicted octanol–water partition coefficient (Wildman–Crippen LogP) is 3.22. The number of hydrogen-bond acceptors (Lipinski definition) is 1. The Kier molecular flexibility index (Phi) is 2.09. The van der Waals surface area contributed by atoms with E-state index < -0.39 is 0 Å². The van der Waals surface area contributed by atoms with Crippen molar-refractivity contribution in [3.8, 4) is 0 Å². The number of hydrogen-bond donors (Lipinski definition) is 0. The summed E-state index contributed by atoms with van der Waals surface area (Å²) in [5.41, 5.74) is 1.22. The number of rotatable bonds is 2. The highest BCUT2D eigenvalue weighted by Crippen LogP contribution is 2.45. The Labute approximate surface area is 83.7 Å². The molecule has 0 aromatic heterocycles. The van der Waals surface area contributed by atoms with Crippen LogP contribution in [0.15, 0.2) is 24.3 Å². The van der Waals surface area contributed by atoms with Crippen molar-refractivity contribution < 1.29 is 4.74 Å². The Bertz CT molecular complexity index is 298. The first kappa shape index (κ1) is 9.04. The van der Waals surface area contributed by atoms with Gasteiger partial charge in [-0.3, -0.25) is 0 Å². The first-order valence-corrected chi connectivity index (χ1v) is 4.93. The van der Waals surface area contributed by atoms with Crippen LogP contribution in [0.25, 0.3) is 0 Å². The standard InChI is InChI=1S/C11H13ClO/c1-8(2)11(7-13-11)9-3-5-10(12)6-4-9/h3-6,8H,7H2,1-2H3/t11-/m0/s1. The van der Waals surface area contributed by atoms with Crippen molar-refractivity contribution in [1.82, 2.24) is 0 Å². The molecule has 0 spiro atoms. The molecule has 1 nitrogen and oxygen atoms in total. The fourth-order valence-corrected chi connectivity index (χ4v) is 1.77. The molecule has 1 atom stereocenters. The Morgan fingerprint density at radius 3 is 2.23 bits per heavy atom. The molecule has 1 fully saturated rings. The maximum Gasteiger partial charge on any atom is 0.119 e. The van der Waals surface area contributed by atoms with E-state index in [-0.39, 0.29) is 5.60 Å². The molecule has 1 aromatic carbocycles. The molecule has 0 unspecified atom stereocenters. The third-order valence-corrected chi connectivity index (χ3v) is 2.97. The van der Waals surface area contributed by atoms with Crippen molar-refractivity contribution in [2.24, 2.45) is 5.92 Å². The maximum atomic E-state index is 5.82. The molecule has 0 amide bonds. The highest BCUT2D eigenvalue weighted by atomic mass is 35.5. The molecule has 13 heavy (non-hydrogen) atoms. The molecule has 0 N–H and O–H groups in total. The van der Waals surface area contributed by atoms with Crippen LogP contribution in [0, 0.1) is 5.92 Å². The minimum atomic E-state index is -0.0232. The second-order valence-electron chi connectivity index (χ2n) is 3.84. The van der Waals surface area contributed by atoms with E-state index in [2.05, 4.69) is 26.0 Å². The summed E-state index contributed by atoms with van der Waals surface area (Å²) in [5, 5.41) is 0.781. The summed E-state index contributed by atoms with van der Waals surface area (Å²) in [7, 11) is 0. The summed E-state index contributed by atoms with van der Waals surface area (Å²) in [6.45, 7) is 5.20. The van der Waals surface area contributed by atoms with E-state index in [0.717, 1.165) is 11.6 Å². The Hall–Kier alpha value is -0.530. The molecule has 0 saturated carbocycles. The topological polar surface area (TPSA) is 12.5 Å². The van der Waals surface area contributed by atoms with E-state index >= 15 is 0 Å². The van der Waals surface area contributed by atoms with Gasteiger partial charge in [-0.25, -0.2) is 0 Å². The predicted molar refractivity (Wildman–Crippen MR) is 53.9 cm³/mol. The van der Waals surface area contributed by atoms with Gasteiger partial charge in [0, 0.05) is 5.02 Å². The van der Waals surface area contributed by atoms with Gasteiger partial charge in [-0.05, 0) is 23.6 Å². The van der Waals surface area contributed by atoms with Gasteiger partial charge in [-0.15, -0.1) is 0 Å². The second kappa shape index (κ2) is 3.00. The van der Waals surface area contributed by atoms with E-state index in [4.69, 9.17) is 16.3 Å². The molecule has 1 heterocycles. The molecule has 0 radical (unpaired) electrons. The Morgan fingerprint density at radius 1 is 1.31 bits per heavy atom. The third kappa shape index (κ3) is 1.47. The highest BCUT2D eigenvalue weighted by molar-refractivity contribution is 6.30. The van der Waals surface area contributed by atoms with Crippen LogP contribution in [0.2, 0.25) is 5.02 Å². The normalized spacial score (nSPS) is 26.5. The van der Waals surface area contributed by atoms with Gasteiger partial charge >= 0.3 is 0 Å². The molecule has 1 aromatic rings. The second-order valence-corrected chi connectivity index (χ2v) is 4.28. The molecule has 1 aliphatic rings. The van der Waals surface area contributed by atoms with Gasteiger partial charge < -0.3 is 4.74 Å². The van der Waals surface area contributed by atoms with Gasteiger partial charge in [0.2, 0.25) is 0 Å². The van der Waals surface area contributed by atoms with Crippen LogP contribution in [0.1, 0.15) is 19.4 Å². The molecule has 1 aliphatic heterocycles. The summed E-state index contributed by atoms with van der Waals surface area (Å²) in [5.74, 6) is 0.522. The monoisotopic (exact) mass is 196 g/mol. The molecule has 70 valence electrons. The summed E-state index contributed by atoms with van der Waals surface area (Å²) in [6.07, 6.45) is 0. The lowest BCUT2D eigenvalue weighted by atomic mass is 9.89. The van der Waals surface area contributed by atoms with Crippen molar-refractivity contribution in [3.63, 3.8) is 0 Å². The lowest BCUT2D eigenvalue weighted by Crippen LogP contribution is -2.16. The minimum absolute atomic E-state index is 0.0232. The number of benzene rings is 1. The Balaban J connectivity index is 2.31. The van der Waals surface area contributed by atoms with Gasteiger partial charge in [0.15, 0.2) is 0 Å². The highest BCUT2D eigenvalue weighted by Gasteiger charge is 2.48. The van der Waals surface area contributed by atoms with Crippen molar-refractivity contribution in [2.45, 2.75) is 19.4 Å². The number of halogens is 1. The van der Waals surface area contributed by atoms with E-state index in [1.807, 2.05) is 12.1 Å². The Morgan fingerprint density at radius 2 is 1.85 bits per heavy atom. The quantitative estimate of drug-likeness (QED) is 0.662. The lowest BCUT2D eigenvalue weighted by Gasteiger charge is -2.16. The van der Waals surface area contributed by atoms with Crippen molar-refractivity contribution in [1.29, 1.82) is 0 Å². The van der Waals surface area contributed by atoms with Gasteiger partial charge in [-0.1, -0.05) is 37.6 Å². The molecule has 0 aliphatic carbocycles. The molecular formula is C11H13ClO. The van der Waals surface area contributed by atoms with E-state index in [1.165, 1.54) is 5.56 Å². The molecule has 2 rings (SSSR count). The lowest BCUT2D eigenvalue weighted by molar-refractivity contribution is 0.242. The summed E-state index contributed by atoms with van der Waals surface area (Å²) in [6, 6.07) is 7.94. The summed E-state index contributed by atoms with van der Waals surface area (Å²) >= 11 is 5.82. The smallest absolute Gasteiger partial charge is 0.119 e. The zero-order chi connectivity index (χ0) is 9.47. The SMILES string of the molecule is CC(C)[C@]1(c2ccc(Cl)cc2)CO1. The van der Waals surface area contributed by atoms with Gasteiger partial charge in [0.25, 0.3) is 0 Å². The third-order valence-electron chi connectivity index (χ3n) is 2.72. The van der Waals surface area contributed by atoms with Crippen molar-refractivity contribution in [3.05, 3.63) is 34.9 Å². The molecular weight excluding hydrogens is 184 g/mol. The van der Waals surface area contributed by atoms with Crippen molar-refractivity contribution in [2.75, 3.05) is 6.61 Å². The summed E-state index contributed by atoms with van der Waals surface area (Å²) < 4.78 is 5.54. The fourth-order valence-electron chi connectivity index (χ4n) is 1.64. The first-order valence-electron chi connectivity index (χ1n) is 4.55. The van der Waals surface area contributed by atoms with Crippen LogP contribution in [0.5, 0.6) is 0 Å². The minimum Gasteiger partial charge on any atom is -0.364 e. The molecule has 1 saturated heterocycles. The van der Waals surface area contributed by atoms with E-state index in [1.54, 1.807) is 0 Å². The average Bonchev–Trinajstić information content (AvgIpc) is 2.86. The largest absolute Gasteiger partial charge is 0.364 e. The first-order chi connectivity index (χ1) is 6.15. The molecule has 0 bridgehead atoms. The van der Waals surface area contributed by atoms with Crippen LogP contribution in [-0.4, -0.2) is 6.61 Å². The van der Waals surface area contributed by atoms with Gasteiger partial charge in [0.1, 0.15) is 5.60 Å². The number of epoxide rings is 1. The number of ether oxygens (including phenoxy) is 1. The zero-order valence-corrected chi connectivity index (χ0v) is 8.64. The van der Waals surface area contributed by atoms with Crippen molar-refractivity contribution >= 4 is 11.6 Å². The van der Waals surface area contributed by atoms with Crippen LogP contribution in [0.3, 0.4) is 0 Å².